The molecule has 1 aromatic heterocycles. The number of aromatic nitrogens is 2. The minimum absolute atomic E-state index is 0.0765. The quantitative estimate of drug-likeness (QED) is 0.730. The summed E-state index contributed by atoms with van der Waals surface area (Å²) in [4.78, 5) is 21.8. The molecule has 1 aromatic rings. The summed E-state index contributed by atoms with van der Waals surface area (Å²) in [5.74, 6) is 2.64. The van der Waals surface area contributed by atoms with Crippen LogP contribution in [0.4, 0.5) is 0 Å². The van der Waals surface area contributed by atoms with Crippen molar-refractivity contribution in [3.8, 4) is 0 Å². The van der Waals surface area contributed by atoms with Crippen LogP contribution >= 0.6 is 0 Å². The number of nitrogens with zero attached hydrogens (tertiary/aromatic N) is 4. The maximum Gasteiger partial charge on any atom is 0.236 e. The van der Waals surface area contributed by atoms with Gasteiger partial charge in [-0.05, 0) is 57.5 Å². The van der Waals surface area contributed by atoms with Crippen molar-refractivity contribution in [1.82, 2.24) is 19.9 Å². The molecule has 4 rings (SSSR count). The van der Waals surface area contributed by atoms with Crippen LogP contribution in [0.1, 0.15) is 82.8 Å². The van der Waals surface area contributed by atoms with Crippen LogP contribution in [0.5, 0.6) is 0 Å². The normalized spacial score (nSPS) is 25.6. The Morgan fingerprint density at radius 3 is 2.53 bits per heavy atom. The molecule has 1 unspecified atom stereocenters. The van der Waals surface area contributed by atoms with Gasteiger partial charge in [0.05, 0.1) is 12.1 Å². The molecule has 0 bridgehead atoms. The van der Waals surface area contributed by atoms with Crippen LogP contribution in [0.25, 0.3) is 0 Å². The highest BCUT2D eigenvalue weighted by molar-refractivity contribution is 5.78. The highest BCUT2D eigenvalue weighted by atomic mass is 16.5. The molecule has 0 saturated carbocycles. The van der Waals surface area contributed by atoms with E-state index in [4.69, 9.17) is 9.26 Å². The Labute approximate surface area is 180 Å². The van der Waals surface area contributed by atoms with Gasteiger partial charge in [-0.3, -0.25) is 9.69 Å². The van der Waals surface area contributed by atoms with Gasteiger partial charge in [0.1, 0.15) is 0 Å². The van der Waals surface area contributed by atoms with Crippen LogP contribution in [-0.2, 0) is 16.0 Å². The molecular formula is C23H38N4O3. The molecule has 1 atom stereocenters. The summed E-state index contributed by atoms with van der Waals surface area (Å²) in [5, 5.41) is 4.18. The maximum atomic E-state index is 12.8. The number of rotatable bonds is 5. The second kappa shape index (κ2) is 9.77. The van der Waals surface area contributed by atoms with Crippen molar-refractivity contribution in [3.05, 3.63) is 11.7 Å². The van der Waals surface area contributed by atoms with Gasteiger partial charge in [-0.1, -0.05) is 31.8 Å². The summed E-state index contributed by atoms with van der Waals surface area (Å²) in [6.07, 6.45) is 9.89. The fourth-order valence-electron chi connectivity index (χ4n) is 5.24. The van der Waals surface area contributed by atoms with Crippen LogP contribution in [-0.4, -0.2) is 70.8 Å². The van der Waals surface area contributed by atoms with Gasteiger partial charge < -0.3 is 14.2 Å². The Kier molecular flexibility index (Phi) is 7.08. The first kappa shape index (κ1) is 21.8. The monoisotopic (exact) mass is 418 g/mol. The topological polar surface area (TPSA) is 71.7 Å². The molecule has 3 aliphatic rings. The lowest BCUT2D eigenvalue weighted by Gasteiger charge is -2.46. The summed E-state index contributed by atoms with van der Waals surface area (Å²) >= 11 is 0. The third kappa shape index (κ3) is 5.41. The van der Waals surface area contributed by atoms with E-state index in [1.54, 1.807) is 0 Å². The number of piperidine rings is 1. The zero-order valence-electron chi connectivity index (χ0n) is 18.8. The Morgan fingerprint density at radius 2 is 1.87 bits per heavy atom. The second-order valence-corrected chi connectivity index (χ2v) is 9.87. The zero-order chi connectivity index (χ0) is 21.0. The largest absolute Gasteiger partial charge is 0.375 e. The summed E-state index contributed by atoms with van der Waals surface area (Å²) in [6, 6.07) is 0. The Balaban J connectivity index is 1.27. The number of hydrogen-bond donors (Lipinski definition) is 0. The van der Waals surface area contributed by atoms with Gasteiger partial charge in [0.15, 0.2) is 5.82 Å². The molecule has 30 heavy (non-hydrogen) atoms. The number of carbonyl (C=O) groups is 1. The lowest BCUT2D eigenvalue weighted by Crippen LogP contribution is -2.52. The van der Waals surface area contributed by atoms with Gasteiger partial charge in [-0.15, -0.1) is 0 Å². The zero-order valence-corrected chi connectivity index (χ0v) is 18.8. The van der Waals surface area contributed by atoms with E-state index in [0.717, 1.165) is 76.6 Å². The summed E-state index contributed by atoms with van der Waals surface area (Å²) in [5.41, 5.74) is -0.0765. The summed E-state index contributed by atoms with van der Waals surface area (Å²) in [6.45, 7) is 9.31. The molecule has 7 nitrogen and oxygen atoms in total. The Bertz CT molecular complexity index is 688. The first-order chi connectivity index (χ1) is 14.5. The SMILES string of the molecule is CC(C)c1nc(CC2CCOC3(CCN(C(=O)CN4CCCCCC4)CC3)C2)no1. The molecule has 7 heteroatoms. The minimum atomic E-state index is -0.0765. The average molecular weight is 419 g/mol. The molecule has 0 aromatic carbocycles. The van der Waals surface area contributed by atoms with Gasteiger partial charge in [0, 0.05) is 32.0 Å². The molecule has 1 spiro atoms. The second-order valence-electron chi connectivity index (χ2n) is 9.87. The smallest absolute Gasteiger partial charge is 0.236 e. The highest BCUT2D eigenvalue weighted by Crippen LogP contribution is 2.38. The fraction of sp³-hybridized carbons (Fsp3) is 0.870. The Hall–Kier alpha value is -1.47. The van der Waals surface area contributed by atoms with Crippen molar-refractivity contribution in [2.45, 2.75) is 83.2 Å². The third-order valence-corrected chi connectivity index (χ3v) is 7.13. The van der Waals surface area contributed by atoms with Crippen LogP contribution < -0.4 is 0 Å². The van der Waals surface area contributed by atoms with Crippen molar-refractivity contribution in [1.29, 1.82) is 0 Å². The van der Waals surface area contributed by atoms with E-state index >= 15 is 0 Å². The maximum absolute atomic E-state index is 12.8. The number of ether oxygens (including phenoxy) is 1. The predicted molar refractivity (Wildman–Crippen MR) is 114 cm³/mol. The van der Waals surface area contributed by atoms with E-state index in [-0.39, 0.29) is 11.5 Å². The van der Waals surface area contributed by atoms with Crippen molar-refractivity contribution in [2.24, 2.45) is 5.92 Å². The van der Waals surface area contributed by atoms with Crippen molar-refractivity contribution in [3.63, 3.8) is 0 Å². The van der Waals surface area contributed by atoms with Crippen molar-refractivity contribution >= 4 is 5.91 Å². The van der Waals surface area contributed by atoms with E-state index in [2.05, 4.69) is 33.8 Å². The van der Waals surface area contributed by atoms with Gasteiger partial charge in [-0.25, -0.2) is 0 Å². The third-order valence-electron chi connectivity index (χ3n) is 7.13. The fourth-order valence-corrected chi connectivity index (χ4v) is 5.24. The van der Waals surface area contributed by atoms with E-state index < -0.39 is 0 Å². The average Bonchev–Trinajstić information content (AvgIpc) is 3.05. The Morgan fingerprint density at radius 1 is 1.13 bits per heavy atom. The number of carbonyl (C=O) groups excluding carboxylic acids is 1. The van der Waals surface area contributed by atoms with Gasteiger partial charge in [-0.2, -0.15) is 4.98 Å². The minimum Gasteiger partial charge on any atom is -0.375 e. The first-order valence-corrected chi connectivity index (χ1v) is 12.0. The van der Waals surface area contributed by atoms with E-state index in [1.807, 2.05) is 0 Å². The molecule has 1 amide bonds. The van der Waals surface area contributed by atoms with Crippen LogP contribution in [0.2, 0.25) is 0 Å². The molecular weight excluding hydrogens is 380 g/mol. The molecule has 3 saturated heterocycles. The standard InChI is InChI=1S/C23H38N4O3/c1-18(2)22-24-20(25-30-22)15-19-7-14-29-23(16-19)8-12-27(13-9-23)21(28)17-26-10-5-3-4-6-11-26/h18-19H,3-17H2,1-2H3. The molecule has 4 heterocycles. The van der Waals surface area contributed by atoms with Gasteiger partial charge in [0.2, 0.25) is 11.8 Å². The van der Waals surface area contributed by atoms with Gasteiger partial charge in [0.25, 0.3) is 0 Å². The highest BCUT2D eigenvalue weighted by Gasteiger charge is 2.41. The van der Waals surface area contributed by atoms with E-state index in [9.17, 15) is 4.79 Å². The van der Waals surface area contributed by atoms with Crippen molar-refractivity contribution in [2.75, 3.05) is 39.3 Å². The molecule has 0 N–H and O–H groups in total. The van der Waals surface area contributed by atoms with Crippen LogP contribution in [0, 0.1) is 5.92 Å². The molecule has 3 aliphatic heterocycles. The lowest BCUT2D eigenvalue weighted by atomic mass is 9.78. The van der Waals surface area contributed by atoms with Crippen LogP contribution in [0.15, 0.2) is 4.52 Å². The number of amides is 1. The lowest BCUT2D eigenvalue weighted by molar-refractivity contribution is -0.148. The molecule has 0 radical (unpaired) electrons. The summed E-state index contributed by atoms with van der Waals surface area (Å²) < 4.78 is 11.7. The predicted octanol–water partition coefficient (Wildman–Crippen LogP) is 3.40. The molecule has 168 valence electrons. The first-order valence-electron chi connectivity index (χ1n) is 12.0. The van der Waals surface area contributed by atoms with Crippen LogP contribution in [0.3, 0.4) is 0 Å². The number of hydrogen-bond acceptors (Lipinski definition) is 6. The molecule has 0 aliphatic carbocycles. The van der Waals surface area contributed by atoms with E-state index in [0.29, 0.717) is 18.4 Å². The molecule has 3 fully saturated rings. The van der Waals surface area contributed by atoms with Crippen molar-refractivity contribution < 1.29 is 14.1 Å². The van der Waals surface area contributed by atoms with Gasteiger partial charge >= 0.3 is 0 Å². The number of likely N-dealkylation sites (tertiary alicyclic amines) is 2. The summed E-state index contributed by atoms with van der Waals surface area (Å²) in [7, 11) is 0. The van der Waals surface area contributed by atoms with E-state index in [1.165, 1.54) is 25.7 Å².